The lowest BCUT2D eigenvalue weighted by atomic mass is 10.0. The van der Waals surface area contributed by atoms with Gasteiger partial charge in [0.15, 0.2) is 5.78 Å². The van der Waals surface area contributed by atoms with E-state index in [1.165, 1.54) is 6.92 Å². The minimum atomic E-state index is -0.0444. The Hall–Kier alpha value is -2.04. The lowest BCUT2D eigenvalue weighted by Crippen LogP contribution is -2.43. The third-order valence-electron chi connectivity index (χ3n) is 3.43. The summed E-state index contributed by atoms with van der Waals surface area (Å²) in [6.45, 7) is 2.18. The topological polar surface area (TPSA) is 75.4 Å². The minimum Gasteiger partial charge on any atom is -0.398 e. The normalized spacial score (nSPS) is 19.4. The fraction of sp³-hybridized carbons (Fsp3) is 0.429. The number of nitrogen functional groups attached to an aromatic ring is 1. The van der Waals surface area contributed by atoms with Crippen molar-refractivity contribution in [3.63, 3.8) is 0 Å². The van der Waals surface area contributed by atoms with E-state index in [0.717, 1.165) is 12.1 Å². The van der Waals surface area contributed by atoms with E-state index in [2.05, 4.69) is 5.32 Å². The number of ketones is 1. The molecule has 1 aromatic carbocycles. The first kappa shape index (κ1) is 13.4. The highest BCUT2D eigenvalue weighted by atomic mass is 16.2. The summed E-state index contributed by atoms with van der Waals surface area (Å²) in [6, 6.07) is 5.58. The van der Waals surface area contributed by atoms with Crippen LogP contribution in [0.15, 0.2) is 18.2 Å². The number of amides is 1. The van der Waals surface area contributed by atoms with Crippen LogP contribution in [-0.2, 0) is 4.79 Å². The molecule has 1 unspecified atom stereocenters. The van der Waals surface area contributed by atoms with Gasteiger partial charge in [0.05, 0.1) is 0 Å². The molecule has 102 valence electrons. The Morgan fingerprint density at radius 3 is 2.84 bits per heavy atom. The molecule has 1 fully saturated rings. The van der Waals surface area contributed by atoms with Crippen molar-refractivity contribution in [3.8, 4) is 0 Å². The summed E-state index contributed by atoms with van der Waals surface area (Å²) in [6.07, 6.45) is 1.37. The van der Waals surface area contributed by atoms with Crippen LogP contribution in [0.3, 0.4) is 0 Å². The largest absolute Gasteiger partial charge is 0.398 e. The maximum Gasteiger partial charge on any atom is 0.222 e. The Kier molecular flexibility index (Phi) is 3.74. The standard InChI is InChI=1S/C14H19N3O2/c1-9(18)12-7-10(3-5-13(12)15)16-11-4-6-14(19)17(2)8-11/h3,5,7,11,16H,4,6,8,15H2,1-2H3. The molecule has 19 heavy (non-hydrogen) atoms. The maximum absolute atomic E-state index is 11.4. The summed E-state index contributed by atoms with van der Waals surface area (Å²) in [5.41, 5.74) is 7.66. The molecule has 5 heteroatoms. The quantitative estimate of drug-likeness (QED) is 0.638. The first-order valence-corrected chi connectivity index (χ1v) is 6.38. The van der Waals surface area contributed by atoms with Gasteiger partial charge in [-0.15, -0.1) is 0 Å². The van der Waals surface area contributed by atoms with Crippen LogP contribution in [0.1, 0.15) is 30.1 Å². The van der Waals surface area contributed by atoms with Gasteiger partial charge in [0.2, 0.25) is 5.91 Å². The van der Waals surface area contributed by atoms with Crippen molar-refractivity contribution in [2.75, 3.05) is 24.6 Å². The zero-order valence-electron chi connectivity index (χ0n) is 11.3. The van der Waals surface area contributed by atoms with Gasteiger partial charge in [0, 0.05) is 43.0 Å². The number of carbonyl (C=O) groups excluding carboxylic acids is 2. The lowest BCUT2D eigenvalue weighted by Gasteiger charge is -2.31. The third-order valence-corrected chi connectivity index (χ3v) is 3.43. The summed E-state index contributed by atoms with van der Waals surface area (Å²) in [4.78, 5) is 24.6. The molecule has 1 atom stereocenters. The second-order valence-corrected chi connectivity index (χ2v) is 5.01. The summed E-state index contributed by atoms with van der Waals surface area (Å²) in [5, 5.41) is 3.35. The van der Waals surface area contributed by atoms with E-state index in [1.807, 2.05) is 6.07 Å². The second kappa shape index (κ2) is 5.30. The Balaban J connectivity index is 2.09. The van der Waals surface area contributed by atoms with E-state index in [-0.39, 0.29) is 17.7 Å². The molecule has 2 rings (SSSR count). The summed E-state index contributed by atoms with van der Waals surface area (Å²) < 4.78 is 0. The number of nitrogens with zero attached hydrogens (tertiary/aromatic N) is 1. The first-order valence-electron chi connectivity index (χ1n) is 6.38. The fourth-order valence-electron chi connectivity index (χ4n) is 2.32. The van der Waals surface area contributed by atoms with Crippen LogP contribution in [0.2, 0.25) is 0 Å². The molecule has 1 aliphatic heterocycles. The van der Waals surface area contributed by atoms with Crippen molar-refractivity contribution < 1.29 is 9.59 Å². The van der Waals surface area contributed by atoms with Crippen LogP contribution in [0.5, 0.6) is 0 Å². The second-order valence-electron chi connectivity index (χ2n) is 5.01. The van der Waals surface area contributed by atoms with Crippen LogP contribution in [-0.4, -0.2) is 36.2 Å². The maximum atomic E-state index is 11.4. The number of anilines is 2. The molecule has 0 saturated carbocycles. The highest BCUT2D eigenvalue weighted by Gasteiger charge is 2.22. The van der Waals surface area contributed by atoms with Crippen LogP contribution in [0.25, 0.3) is 0 Å². The van der Waals surface area contributed by atoms with Gasteiger partial charge in [-0.3, -0.25) is 9.59 Å². The van der Waals surface area contributed by atoms with Crippen LogP contribution in [0.4, 0.5) is 11.4 Å². The van der Waals surface area contributed by atoms with Gasteiger partial charge >= 0.3 is 0 Å². The molecule has 0 aliphatic carbocycles. The summed E-state index contributed by atoms with van der Waals surface area (Å²) >= 11 is 0. The Morgan fingerprint density at radius 2 is 2.21 bits per heavy atom. The highest BCUT2D eigenvalue weighted by Crippen LogP contribution is 2.21. The molecule has 0 radical (unpaired) electrons. The number of piperidine rings is 1. The number of Topliss-reactive ketones (excluding diaryl/α,β-unsaturated/α-hetero) is 1. The van der Waals surface area contributed by atoms with Gasteiger partial charge in [-0.1, -0.05) is 0 Å². The Morgan fingerprint density at radius 1 is 1.47 bits per heavy atom. The lowest BCUT2D eigenvalue weighted by molar-refractivity contribution is -0.132. The van der Waals surface area contributed by atoms with Gasteiger partial charge < -0.3 is 16.0 Å². The monoisotopic (exact) mass is 261 g/mol. The fourth-order valence-corrected chi connectivity index (χ4v) is 2.32. The molecule has 1 heterocycles. The zero-order chi connectivity index (χ0) is 14.0. The van der Waals surface area contributed by atoms with E-state index >= 15 is 0 Å². The smallest absolute Gasteiger partial charge is 0.222 e. The number of hydrogen-bond donors (Lipinski definition) is 2. The van der Waals surface area contributed by atoms with Crippen LogP contribution < -0.4 is 11.1 Å². The number of carbonyl (C=O) groups is 2. The third kappa shape index (κ3) is 3.05. The van der Waals surface area contributed by atoms with Gasteiger partial charge in [0.25, 0.3) is 0 Å². The van der Waals surface area contributed by atoms with Crippen molar-refractivity contribution >= 4 is 23.1 Å². The molecule has 0 spiro atoms. The molecule has 1 aliphatic rings. The van der Waals surface area contributed by atoms with Crippen LogP contribution in [0, 0.1) is 0 Å². The van der Waals surface area contributed by atoms with Crippen molar-refractivity contribution in [1.82, 2.24) is 4.90 Å². The van der Waals surface area contributed by atoms with Crippen molar-refractivity contribution in [2.24, 2.45) is 0 Å². The molecular formula is C14H19N3O2. The van der Waals surface area contributed by atoms with E-state index in [1.54, 1.807) is 24.1 Å². The van der Waals surface area contributed by atoms with Gasteiger partial charge in [-0.25, -0.2) is 0 Å². The average Bonchev–Trinajstić information content (AvgIpc) is 2.36. The predicted molar refractivity (Wildman–Crippen MR) is 75.1 cm³/mol. The number of nitrogens with two attached hydrogens (primary N) is 1. The minimum absolute atomic E-state index is 0.0444. The molecule has 5 nitrogen and oxygen atoms in total. The van der Waals surface area contributed by atoms with Crippen LogP contribution >= 0.6 is 0 Å². The molecule has 1 saturated heterocycles. The molecule has 0 aromatic heterocycles. The van der Waals surface area contributed by atoms with E-state index < -0.39 is 0 Å². The number of likely N-dealkylation sites (N-methyl/N-ethyl adjacent to an activating group) is 1. The molecular weight excluding hydrogens is 242 g/mol. The molecule has 0 bridgehead atoms. The van der Waals surface area contributed by atoms with Gasteiger partial charge in [-0.2, -0.15) is 0 Å². The molecule has 1 amide bonds. The van der Waals surface area contributed by atoms with Crippen molar-refractivity contribution in [2.45, 2.75) is 25.8 Å². The Labute approximate surface area is 112 Å². The number of hydrogen-bond acceptors (Lipinski definition) is 4. The van der Waals surface area contributed by atoms with E-state index in [9.17, 15) is 9.59 Å². The number of rotatable bonds is 3. The van der Waals surface area contributed by atoms with Crippen molar-refractivity contribution in [1.29, 1.82) is 0 Å². The zero-order valence-corrected chi connectivity index (χ0v) is 11.3. The molecule has 1 aromatic rings. The Bertz CT molecular complexity index is 513. The van der Waals surface area contributed by atoms with Gasteiger partial charge in [0.1, 0.15) is 0 Å². The van der Waals surface area contributed by atoms with E-state index in [0.29, 0.717) is 24.2 Å². The first-order chi connectivity index (χ1) is 8.97. The predicted octanol–water partition coefficient (Wildman–Crippen LogP) is 1.50. The number of benzene rings is 1. The SMILES string of the molecule is CC(=O)c1cc(NC2CCC(=O)N(C)C2)ccc1N. The summed E-state index contributed by atoms with van der Waals surface area (Å²) in [5.74, 6) is 0.136. The summed E-state index contributed by atoms with van der Waals surface area (Å²) in [7, 11) is 1.81. The van der Waals surface area contributed by atoms with E-state index in [4.69, 9.17) is 5.73 Å². The van der Waals surface area contributed by atoms with Gasteiger partial charge in [-0.05, 0) is 31.5 Å². The number of nitrogens with one attached hydrogen (secondary N) is 1. The molecule has 3 N–H and O–H groups in total. The highest BCUT2D eigenvalue weighted by molar-refractivity contribution is 6.00. The average molecular weight is 261 g/mol. The van der Waals surface area contributed by atoms with Crippen molar-refractivity contribution in [3.05, 3.63) is 23.8 Å². The number of likely N-dealkylation sites (tertiary alicyclic amines) is 1.